The average Bonchev–Trinajstić information content (AvgIpc) is 2.66. The molecule has 2 aromatic carbocycles. The number of halogens is 1. The van der Waals surface area contributed by atoms with Crippen molar-refractivity contribution in [1.82, 2.24) is 0 Å². The van der Waals surface area contributed by atoms with Gasteiger partial charge in [0.1, 0.15) is 0 Å². The van der Waals surface area contributed by atoms with Gasteiger partial charge >= 0.3 is 0 Å². The number of rotatable bonds is 2. The number of nitrogens with zero attached hydrogens (tertiary/aromatic N) is 1. The summed E-state index contributed by atoms with van der Waals surface area (Å²) >= 11 is 7.67. The summed E-state index contributed by atoms with van der Waals surface area (Å²) in [7, 11) is 1.67. The number of aliphatic hydroxyl groups excluding tert-OH is 1. The molecule has 0 fully saturated rings. The summed E-state index contributed by atoms with van der Waals surface area (Å²) in [6, 6.07) is 13.2. The summed E-state index contributed by atoms with van der Waals surface area (Å²) < 4.78 is 0. The topological polar surface area (TPSA) is 40.5 Å². The molecule has 3 nitrogen and oxygen atoms in total. The summed E-state index contributed by atoms with van der Waals surface area (Å²) in [5.74, 6) is -0.292. The Kier molecular flexibility index (Phi) is 3.46. The molecule has 1 N–H and O–H groups in total. The molecule has 1 heterocycles. The summed E-state index contributed by atoms with van der Waals surface area (Å²) in [6.45, 7) is 0. The number of anilines is 1. The van der Waals surface area contributed by atoms with Gasteiger partial charge in [-0.25, -0.2) is 0 Å². The lowest BCUT2D eigenvalue weighted by Crippen LogP contribution is -2.23. The number of aliphatic hydroxyl groups is 1. The minimum atomic E-state index is -1.05. The van der Waals surface area contributed by atoms with Crippen molar-refractivity contribution in [2.45, 2.75) is 15.9 Å². The van der Waals surface area contributed by atoms with E-state index in [1.807, 2.05) is 36.4 Å². The monoisotopic (exact) mass is 305 g/mol. The summed E-state index contributed by atoms with van der Waals surface area (Å²) in [6.07, 6.45) is -1.05. The SMILES string of the molecule is CN1C(=O)C(O)c2ccc(Sc3ccccc3Cl)cc21. The minimum Gasteiger partial charge on any atom is -0.378 e. The Morgan fingerprint density at radius 1 is 1.25 bits per heavy atom. The van der Waals surface area contributed by atoms with Crippen LogP contribution in [0.2, 0.25) is 5.02 Å². The van der Waals surface area contributed by atoms with Gasteiger partial charge in [-0.1, -0.05) is 41.6 Å². The van der Waals surface area contributed by atoms with E-state index in [0.29, 0.717) is 10.6 Å². The minimum absolute atomic E-state index is 0.292. The lowest BCUT2D eigenvalue weighted by Gasteiger charge is -2.11. The maximum Gasteiger partial charge on any atom is 0.260 e. The molecular formula is C15H12ClNO2S. The molecule has 1 unspecified atom stereocenters. The third-order valence-corrected chi connectivity index (χ3v) is 4.79. The Balaban J connectivity index is 1.95. The first kappa shape index (κ1) is 13.5. The molecule has 0 spiro atoms. The normalized spacial score (nSPS) is 17.4. The van der Waals surface area contributed by atoms with E-state index < -0.39 is 6.10 Å². The second kappa shape index (κ2) is 5.13. The van der Waals surface area contributed by atoms with Gasteiger partial charge in [0.2, 0.25) is 0 Å². The van der Waals surface area contributed by atoms with Gasteiger partial charge in [0, 0.05) is 22.4 Å². The van der Waals surface area contributed by atoms with Crippen LogP contribution in [-0.4, -0.2) is 18.1 Å². The lowest BCUT2D eigenvalue weighted by atomic mass is 10.1. The van der Waals surface area contributed by atoms with Crippen molar-refractivity contribution in [1.29, 1.82) is 0 Å². The van der Waals surface area contributed by atoms with Crippen LogP contribution in [0, 0.1) is 0 Å². The van der Waals surface area contributed by atoms with Gasteiger partial charge in [-0.05, 0) is 24.3 Å². The van der Waals surface area contributed by atoms with Crippen molar-refractivity contribution in [3.63, 3.8) is 0 Å². The van der Waals surface area contributed by atoms with E-state index in [-0.39, 0.29) is 5.91 Å². The predicted octanol–water partition coefficient (Wildman–Crippen LogP) is 3.50. The van der Waals surface area contributed by atoms with Crippen LogP contribution >= 0.6 is 23.4 Å². The number of carbonyl (C=O) groups is 1. The highest BCUT2D eigenvalue weighted by Crippen LogP contribution is 2.40. The molecule has 1 aliphatic rings. The zero-order valence-corrected chi connectivity index (χ0v) is 12.3. The van der Waals surface area contributed by atoms with Gasteiger partial charge in [-0.2, -0.15) is 0 Å². The fourth-order valence-corrected chi connectivity index (χ4v) is 3.32. The molecule has 102 valence electrons. The molecule has 0 aliphatic carbocycles. The highest BCUT2D eigenvalue weighted by atomic mass is 35.5. The fourth-order valence-electron chi connectivity index (χ4n) is 2.20. The van der Waals surface area contributed by atoms with Crippen molar-refractivity contribution in [2.24, 2.45) is 0 Å². The quantitative estimate of drug-likeness (QED) is 0.923. The van der Waals surface area contributed by atoms with Crippen LogP contribution in [0.15, 0.2) is 52.3 Å². The summed E-state index contributed by atoms with van der Waals surface area (Å²) in [5.41, 5.74) is 1.40. The molecule has 2 aromatic rings. The molecular weight excluding hydrogens is 294 g/mol. The molecule has 1 amide bonds. The van der Waals surface area contributed by atoms with E-state index in [2.05, 4.69) is 0 Å². The van der Waals surface area contributed by atoms with Crippen LogP contribution in [0.5, 0.6) is 0 Å². The van der Waals surface area contributed by atoms with E-state index in [0.717, 1.165) is 15.5 Å². The van der Waals surface area contributed by atoms with Crippen molar-refractivity contribution >= 4 is 35.0 Å². The van der Waals surface area contributed by atoms with Gasteiger partial charge in [-0.3, -0.25) is 4.79 Å². The second-order valence-electron chi connectivity index (χ2n) is 4.55. The molecule has 0 aromatic heterocycles. The number of hydrogen-bond donors (Lipinski definition) is 1. The predicted molar refractivity (Wildman–Crippen MR) is 80.4 cm³/mol. The molecule has 1 atom stereocenters. The fraction of sp³-hybridized carbons (Fsp3) is 0.133. The number of amides is 1. The first-order valence-corrected chi connectivity index (χ1v) is 7.29. The standard InChI is InChI=1S/C15H12ClNO2S/c1-17-12-8-9(6-7-10(12)14(18)15(17)19)20-13-5-3-2-4-11(13)16/h2-8,14,18H,1H3. The molecule has 5 heteroatoms. The van der Waals surface area contributed by atoms with E-state index >= 15 is 0 Å². The van der Waals surface area contributed by atoms with Crippen molar-refractivity contribution in [3.05, 3.63) is 53.1 Å². The molecule has 0 bridgehead atoms. The lowest BCUT2D eigenvalue weighted by molar-refractivity contribution is -0.125. The number of likely N-dealkylation sites (N-methyl/N-ethyl adjacent to an activating group) is 1. The third kappa shape index (κ3) is 2.20. The van der Waals surface area contributed by atoms with Crippen molar-refractivity contribution < 1.29 is 9.90 Å². The molecule has 0 saturated heterocycles. The van der Waals surface area contributed by atoms with E-state index in [1.54, 1.807) is 13.1 Å². The Morgan fingerprint density at radius 2 is 2.00 bits per heavy atom. The van der Waals surface area contributed by atoms with Crippen LogP contribution in [0.1, 0.15) is 11.7 Å². The van der Waals surface area contributed by atoms with E-state index in [4.69, 9.17) is 11.6 Å². The van der Waals surface area contributed by atoms with Crippen LogP contribution in [0.25, 0.3) is 0 Å². The average molecular weight is 306 g/mol. The number of fused-ring (bicyclic) bond motifs is 1. The molecule has 3 rings (SSSR count). The number of hydrogen-bond acceptors (Lipinski definition) is 3. The largest absolute Gasteiger partial charge is 0.378 e. The Labute approximate surface area is 126 Å². The summed E-state index contributed by atoms with van der Waals surface area (Å²) in [4.78, 5) is 15.2. The summed E-state index contributed by atoms with van der Waals surface area (Å²) in [5, 5.41) is 10.5. The Morgan fingerprint density at radius 3 is 2.75 bits per heavy atom. The van der Waals surface area contributed by atoms with Gasteiger partial charge in [0.05, 0.1) is 10.7 Å². The van der Waals surface area contributed by atoms with Crippen LogP contribution < -0.4 is 4.90 Å². The molecule has 1 aliphatic heterocycles. The van der Waals surface area contributed by atoms with Gasteiger partial charge in [-0.15, -0.1) is 0 Å². The highest BCUT2D eigenvalue weighted by Gasteiger charge is 2.33. The van der Waals surface area contributed by atoms with Gasteiger partial charge in [0.25, 0.3) is 5.91 Å². The Bertz CT molecular complexity index is 689. The van der Waals surface area contributed by atoms with Gasteiger partial charge in [0.15, 0.2) is 6.10 Å². The van der Waals surface area contributed by atoms with E-state index in [9.17, 15) is 9.90 Å². The second-order valence-corrected chi connectivity index (χ2v) is 6.08. The molecule has 20 heavy (non-hydrogen) atoms. The van der Waals surface area contributed by atoms with Gasteiger partial charge < -0.3 is 10.0 Å². The maximum atomic E-state index is 11.7. The van der Waals surface area contributed by atoms with Crippen LogP contribution in [0.3, 0.4) is 0 Å². The van der Waals surface area contributed by atoms with Crippen LogP contribution in [-0.2, 0) is 4.79 Å². The van der Waals surface area contributed by atoms with E-state index in [1.165, 1.54) is 16.7 Å². The zero-order valence-electron chi connectivity index (χ0n) is 10.7. The highest BCUT2D eigenvalue weighted by molar-refractivity contribution is 7.99. The first-order chi connectivity index (χ1) is 9.58. The zero-order chi connectivity index (χ0) is 14.3. The smallest absolute Gasteiger partial charge is 0.260 e. The molecule has 0 radical (unpaired) electrons. The van der Waals surface area contributed by atoms with Crippen molar-refractivity contribution in [2.75, 3.05) is 11.9 Å². The third-order valence-electron chi connectivity index (χ3n) is 3.29. The number of carbonyl (C=O) groups excluding carboxylic acids is 1. The number of benzene rings is 2. The maximum absolute atomic E-state index is 11.7. The van der Waals surface area contributed by atoms with Crippen molar-refractivity contribution in [3.8, 4) is 0 Å². The Hall–Kier alpha value is -1.49. The van der Waals surface area contributed by atoms with Crippen LogP contribution in [0.4, 0.5) is 5.69 Å². The molecule has 0 saturated carbocycles. The first-order valence-electron chi connectivity index (χ1n) is 6.10.